The van der Waals surface area contributed by atoms with Gasteiger partial charge in [0.15, 0.2) is 6.20 Å². The third-order valence-electron chi connectivity index (χ3n) is 3.96. The van der Waals surface area contributed by atoms with Crippen molar-refractivity contribution in [3.63, 3.8) is 0 Å². The molecule has 1 aromatic carbocycles. The summed E-state index contributed by atoms with van der Waals surface area (Å²) in [5.74, 6) is -1.40. The van der Waals surface area contributed by atoms with Gasteiger partial charge in [0.2, 0.25) is 0 Å². The van der Waals surface area contributed by atoms with Crippen molar-refractivity contribution in [2.75, 3.05) is 17.2 Å². The van der Waals surface area contributed by atoms with Gasteiger partial charge in [-0.15, -0.1) is 0 Å². The summed E-state index contributed by atoms with van der Waals surface area (Å²) in [7, 11) is 0. The number of nitrogen functional groups attached to an aromatic ring is 1. The molecule has 1 unspecified atom stereocenters. The van der Waals surface area contributed by atoms with E-state index in [0.717, 1.165) is 18.6 Å². The van der Waals surface area contributed by atoms with Crippen LogP contribution in [0.25, 0.3) is 0 Å². The lowest BCUT2D eigenvalue weighted by atomic mass is 10.0. The molecule has 0 bridgehead atoms. The van der Waals surface area contributed by atoms with Crippen LogP contribution in [0.4, 0.5) is 26.0 Å². The number of aromatic nitrogens is 1. The van der Waals surface area contributed by atoms with E-state index in [-0.39, 0.29) is 17.3 Å². The molecule has 8 heteroatoms. The van der Waals surface area contributed by atoms with Gasteiger partial charge >= 0.3 is 5.82 Å². The lowest BCUT2D eigenvalue weighted by Gasteiger charge is -2.26. The standard InChI is InChI=1S/C15H14F2N4O2/c16-9-3-4-12(17)11(6-9)14-2-1-5-20(14)10-7-13(18)15(19-8-10)21(22)23/h3-4,6-8,14H,1-2,5,18H2. The number of anilines is 2. The van der Waals surface area contributed by atoms with Crippen molar-refractivity contribution < 1.29 is 13.7 Å². The second-order valence-electron chi connectivity index (χ2n) is 5.38. The van der Waals surface area contributed by atoms with Crippen LogP contribution in [-0.2, 0) is 0 Å². The molecule has 6 nitrogen and oxygen atoms in total. The Kier molecular flexibility index (Phi) is 3.81. The van der Waals surface area contributed by atoms with Crippen LogP contribution in [0.1, 0.15) is 24.4 Å². The van der Waals surface area contributed by atoms with E-state index in [1.807, 2.05) is 4.90 Å². The van der Waals surface area contributed by atoms with Gasteiger partial charge in [-0.2, -0.15) is 0 Å². The van der Waals surface area contributed by atoms with Crippen LogP contribution in [0, 0.1) is 21.7 Å². The summed E-state index contributed by atoms with van der Waals surface area (Å²) in [5.41, 5.74) is 6.42. The summed E-state index contributed by atoms with van der Waals surface area (Å²) < 4.78 is 27.5. The highest BCUT2D eigenvalue weighted by molar-refractivity contribution is 5.63. The molecule has 120 valence electrons. The molecule has 2 N–H and O–H groups in total. The molecule has 23 heavy (non-hydrogen) atoms. The number of nitro groups is 1. The van der Waals surface area contributed by atoms with Crippen molar-refractivity contribution in [3.8, 4) is 0 Å². The number of nitrogens with zero attached hydrogens (tertiary/aromatic N) is 3. The van der Waals surface area contributed by atoms with Crippen LogP contribution in [0.3, 0.4) is 0 Å². The summed E-state index contributed by atoms with van der Waals surface area (Å²) in [6.45, 7) is 0.611. The molecule has 0 radical (unpaired) electrons. The van der Waals surface area contributed by atoms with Crippen LogP contribution < -0.4 is 10.6 Å². The SMILES string of the molecule is Nc1cc(N2CCCC2c2cc(F)ccc2F)cnc1[N+](=O)[O-]. The Labute approximate surface area is 130 Å². The molecule has 1 atom stereocenters. The molecule has 2 heterocycles. The number of benzene rings is 1. The van der Waals surface area contributed by atoms with Crippen LogP contribution >= 0.6 is 0 Å². The predicted octanol–water partition coefficient (Wildman–Crippen LogP) is 3.19. The van der Waals surface area contributed by atoms with Gasteiger partial charge in [-0.1, -0.05) is 0 Å². The molecule has 1 aromatic heterocycles. The summed E-state index contributed by atoms with van der Waals surface area (Å²) in [6, 6.07) is 4.45. The average Bonchev–Trinajstić information content (AvgIpc) is 2.98. The van der Waals surface area contributed by atoms with Gasteiger partial charge in [0, 0.05) is 12.1 Å². The topological polar surface area (TPSA) is 85.3 Å². The van der Waals surface area contributed by atoms with Gasteiger partial charge in [0.25, 0.3) is 0 Å². The number of pyridine rings is 1. The molecule has 1 aliphatic rings. The van der Waals surface area contributed by atoms with Crippen LogP contribution in [0.5, 0.6) is 0 Å². The lowest BCUT2D eigenvalue weighted by Crippen LogP contribution is -2.23. The average molecular weight is 320 g/mol. The zero-order chi connectivity index (χ0) is 16.6. The molecular formula is C15H14F2N4O2. The van der Waals surface area contributed by atoms with Crippen LogP contribution in [0.2, 0.25) is 0 Å². The summed E-state index contributed by atoms with van der Waals surface area (Å²) in [4.78, 5) is 15.7. The Hall–Kier alpha value is -2.77. The minimum absolute atomic E-state index is 0.0575. The number of hydrogen-bond donors (Lipinski definition) is 1. The first kappa shape index (κ1) is 15.1. The van der Waals surface area contributed by atoms with E-state index in [2.05, 4.69) is 4.98 Å². The molecule has 0 amide bonds. The molecule has 1 fully saturated rings. The molecular weight excluding hydrogens is 306 g/mol. The number of halogens is 2. The second-order valence-corrected chi connectivity index (χ2v) is 5.38. The maximum atomic E-state index is 14.0. The zero-order valence-electron chi connectivity index (χ0n) is 12.1. The molecule has 1 aliphatic heterocycles. The Morgan fingerprint density at radius 3 is 2.83 bits per heavy atom. The third-order valence-corrected chi connectivity index (χ3v) is 3.96. The summed E-state index contributed by atoms with van der Waals surface area (Å²) in [5, 5.41) is 10.8. The number of hydrogen-bond acceptors (Lipinski definition) is 5. The lowest BCUT2D eigenvalue weighted by molar-refractivity contribution is -0.388. The monoisotopic (exact) mass is 320 g/mol. The van der Waals surface area contributed by atoms with E-state index in [1.165, 1.54) is 18.3 Å². The van der Waals surface area contributed by atoms with Crippen LogP contribution in [0.15, 0.2) is 30.5 Å². The largest absolute Gasteiger partial charge is 0.392 e. The highest BCUT2D eigenvalue weighted by Crippen LogP contribution is 2.38. The fraction of sp³-hybridized carbons (Fsp3) is 0.267. The Bertz CT molecular complexity index is 769. The Morgan fingerprint density at radius 2 is 2.13 bits per heavy atom. The van der Waals surface area contributed by atoms with E-state index in [1.54, 1.807) is 0 Å². The van der Waals surface area contributed by atoms with Crippen molar-refractivity contribution in [2.24, 2.45) is 0 Å². The van der Waals surface area contributed by atoms with Crippen molar-refractivity contribution in [1.29, 1.82) is 0 Å². The van der Waals surface area contributed by atoms with E-state index in [4.69, 9.17) is 5.73 Å². The Morgan fingerprint density at radius 1 is 1.35 bits per heavy atom. The van der Waals surface area contributed by atoms with E-state index >= 15 is 0 Å². The van der Waals surface area contributed by atoms with Crippen molar-refractivity contribution in [2.45, 2.75) is 18.9 Å². The predicted molar refractivity (Wildman–Crippen MR) is 81.0 cm³/mol. The summed E-state index contributed by atoms with van der Waals surface area (Å²) >= 11 is 0. The molecule has 0 spiro atoms. The van der Waals surface area contributed by atoms with Gasteiger partial charge < -0.3 is 20.7 Å². The van der Waals surface area contributed by atoms with Gasteiger partial charge in [-0.25, -0.2) is 8.78 Å². The number of rotatable bonds is 3. The van der Waals surface area contributed by atoms with Gasteiger partial charge in [0.1, 0.15) is 17.3 Å². The summed E-state index contributed by atoms with van der Waals surface area (Å²) in [6.07, 6.45) is 2.78. The van der Waals surface area contributed by atoms with E-state index in [0.29, 0.717) is 18.7 Å². The third kappa shape index (κ3) is 2.79. The van der Waals surface area contributed by atoms with E-state index < -0.39 is 22.4 Å². The highest BCUT2D eigenvalue weighted by Gasteiger charge is 2.30. The maximum absolute atomic E-state index is 14.0. The first-order valence-electron chi connectivity index (χ1n) is 7.09. The molecule has 2 aromatic rings. The minimum Gasteiger partial charge on any atom is -0.392 e. The smallest absolute Gasteiger partial charge is 0.386 e. The molecule has 0 saturated carbocycles. The van der Waals surface area contributed by atoms with Crippen molar-refractivity contribution in [3.05, 3.63) is 57.8 Å². The fourth-order valence-corrected chi connectivity index (χ4v) is 2.94. The first-order chi connectivity index (χ1) is 11.0. The zero-order valence-corrected chi connectivity index (χ0v) is 12.1. The van der Waals surface area contributed by atoms with E-state index in [9.17, 15) is 18.9 Å². The second kappa shape index (κ2) is 5.79. The molecule has 3 rings (SSSR count). The Balaban J connectivity index is 1.97. The number of nitrogens with two attached hydrogens (primary N) is 1. The van der Waals surface area contributed by atoms with Crippen LogP contribution in [-0.4, -0.2) is 16.5 Å². The maximum Gasteiger partial charge on any atom is 0.386 e. The fourth-order valence-electron chi connectivity index (χ4n) is 2.94. The molecule has 1 saturated heterocycles. The first-order valence-corrected chi connectivity index (χ1v) is 7.09. The normalized spacial score (nSPS) is 17.5. The van der Waals surface area contributed by atoms with Crippen molar-refractivity contribution in [1.82, 2.24) is 4.98 Å². The highest BCUT2D eigenvalue weighted by atomic mass is 19.1. The minimum atomic E-state index is -0.660. The van der Waals surface area contributed by atoms with Gasteiger partial charge in [0.05, 0.1) is 11.7 Å². The molecule has 0 aliphatic carbocycles. The van der Waals surface area contributed by atoms with Gasteiger partial charge in [-0.05, 0) is 47.0 Å². The van der Waals surface area contributed by atoms with Gasteiger partial charge in [-0.3, -0.25) is 0 Å². The van der Waals surface area contributed by atoms with Crippen molar-refractivity contribution >= 4 is 17.2 Å². The quantitative estimate of drug-likeness (QED) is 0.693.